The summed E-state index contributed by atoms with van der Waals surface area (Å²) in [6, 6.07) is 4.39. The quantitative estimate of drug-likeness (QED) is 0.910. The van der Waals surface area contributed by atoms with E-state index in [0.29, 0.717) is 18.4 Å². The van der Waals surface area contributed by atoms with Gasteiger partial charge in [0.2, 0.25) is 0 Å². The van der Waals surface area contributed by atoms with Crippen molar-refractivity contribution in [1.29, 1.82) is 0 Å². The van der Waals surface area contributed by atoms with Crippen LogP contribution in [-0.4, -0.2) is 18.2 Å². The van der Waals surface area contributed by atoms with Gasteiger partial charge in [0, 0.05) is 12.5 Å². The highest BCUT2D eigenvalue weighted by Gasteiger charge is 2.45. The zero-order valence-corrected chi connectivity index (χ0v) is 12.3. The summed E-state index contributed by atoms with van der Waals surface area (Å²) in [5.74, 6) is -4.03. The van der Waals surface area contributed by atoms with E-state index in [2.05, 4.69) is 0 Å². The lowest BCUT2D eigenvalue weighted by Crippen LogP contribution is -2.38. The highest BCUT2D eigenvalue weighted by Crippen LogP contribution is 2.47. The number of aliphatic carboxylic acids is 1. The van der Waals surface area contributed by atoms with Crippen molar-refractivity contribution >= 4 is 5.97 Å². The molecule has 116 valence electrons. The minimum atomic E-state index is -3.07. The number of para-hydroxylation sites is 1. The molecule has 1 aliphatic carbocycles. The molecule has 3 nitrogen and oxygen atoms in total. The van der Waals surface area contributed by atoms with Crippen LogP contribution in [0.1, 0.15) is 50.2 Å². The first-order chi connectivity index (χ1) is 9.83. The second-order valence-corrected chi connectivity index (χ2v) is 5.72. The van der Waals surface area contributed by atoms with Crippen LogP contribution in [0, 0.1) is 0 Å². The van der Waals surface area contributed by atoms with Crippen LogP contribution in [0.15, 0.2) is 18.2 Å². The molecule has 1 saturated carbocycles. The summed E-state index contributed by atoms with van der Waals surface area (Å²) >= 11 is 0. The van der Waals surface area contributed by atoms with E-state index < -0.39 is 17.3 Å². The maximum Gasteiger partial charge on any atom is 0.314 e. The molecule has 0 amide bonds. The first-order valence-corrected chi connectivity index (χ1v) is 7.12. The Labute approximate surface area is 122 Å². The monoisotopic (exact) mass is 298 g/mol. The fourth-order valence-electron chi connectivity index (χ4n) is 3.23. The molecule has 1 aromatic carbocycles. The van der Waals surface area contributed by atoms with Crippen molar-refractivity contribution in [1.82, 2.24) is 0 Å². The highest BCUT2D eigenvalue weighted by molar-refractivity contribution is 5.83. The van der Waals surface area contributed by atoms with Crippen molar-refractivity contribution in [2.24, 2.45) is 0 Å². The second kappa shape index (κ2) is 5.62. The summed E-state index contributed by atoms with van der Waals surface area (Å²) in [5.41, 5.74) is -1.00. The van der Waals surface area contributed by atoms with Crippen LogP contribution >= 0.6 is 0 Å². The zero-order chi connectivity index (χ0) is 15.7. The Balaban J connectivity index is 2.64. The SMILES string of the molecule is COc1c(C(C)(F)F)cccc1C1(C(=O)O)CCCCC1. The highest BCUT2D eigenvalue weighted by atomic mass is 19.3. The zero-order valence-electron chi connectivity index (χ0n) is 12.3. The van der Waals surface area contributed by atoms with Crippen LogP contribution in [0.3, 0.4) is 0 Å². The summed E-state index contributed by atoms with van der Waals surface area (Å²) in [6.45, 7) is 0.795. The predicted molar refractivity (Wildman–Crippen MR) is 75.0 cm³/mol. The minimum absolute atomic E-state index is 0.00861. The number of rotatable bonds is 4. The third-order valence-electron chi connectivity index (χ3n) is 4.32. The summed E-state index contributed by atoms with van der Waals surface area (Å²) in [5, 5.41) is 9.71. The van der Waals surface area contributed by atoms with E-state index in [9.17, 15) is 18.7 Å². The molecule has 0 radical (unpaired) electrons. The van der Waals surface area contributed by atoms with E-state index in [1.54, 1.807) is 6.07 Å². The molecule has 5 heteroatoms. The van der Waals surface area contributed by atoms with Crippen molar-refractivity contribution < 1.29 is 23.4 Å². The van der Waals surface area contributed by atoms with Gasteiger partial charge in [-0.3, -0.25) is 4.79 Å². The lowest BCUT2D eigenvalue weighted by atomic mass is 9.68. The van der Waals surface area contributed by atoms with E-state index in [4.69, 9.17) is 4.74 Å². The summed E-state index contributed by atoms with van der Waals surface area (Å²) < 4.78 is 32.7. The fraction of sp³-hybridized carbons (Fsp3) is 0.562. The largest absolute Gasteiger partial charge is 0.496 e. The Bertz CT molecular complexity index is 529. The number of alkyl halides is 2. The van der Waals surface area contributed by atoms with E-state index in [0.717, 1.165) is 26.2 Å². The van der Waals surface area contributed by atoms with Crippen LogP contribution in [0.4, 0.5) is 8.78 Å². The van der Waals surface area contributed by atoms with Crippen molar-refractivity contribution in [3.8, 4) is 5.75 Å². The predicted octanol–water partition coefficient (Wildman–Crippen LogP) is 4.09. The molecule has 0 bridgehead atoms. The number of hydrogen-bond donors (Lipinski definition) is 1. The first kappa shape index (κ1) is 15.7. The van der Waals surface area contributed by atoms with Gasteiger partial charge in [-0.2, -0.15) is 0 Å². The molecule has 1 aliphatic rings. The molecule has 21 heavy (non-hydrogen) atoms. The summed E-state index contributed by atoms with van der Waals surface area (Å²) in [4.78, 5) is 11.9. The molecule has 0 aromatic heterocycles. The van der Waals surface area contributed by atoms with E-state index in [-0.39, 0.29) is 11.3 Å². The minimum Gasteiger partial charge on any atom is -0.496 e. The van der Waals surface area contributed by atoms with E-state index >= 15 is 0 Å². The average Bonchev–Trinajstić information content (AvgIpc) is 2.46. The van der Waals surface area contributed by atoms with Gasteiger partial charge in [0.1, 0.15) is 5.75 Å². The van der Waals surface area contributed by atoms with Crippen molar-refractivity contribution in [2.75, 3.05) is 7.11 Å². The second-order valence-electron chi connectivity index (χ2n) is 5.72. The van der Waals surface area contributed by atoms with Crippen molar-refractivity contribution in [3.63, 3.8) is 0 Å². The van der Waals surface area contributed by atoms with Crippen LogP contribution < -0.4 is 4.74 Å². The van der Waals surface area contributed by atoms with E-state index in [1.807, 2.05) is 0 Å². The standard InChI is InChI=1S/C16H20F2O3/c1-15(17,18)11-7-6-8-12(13(11)21-2)16(14(19)20)9-4-3-5-10-16/h6-8H,3-5,9-10H2,1-2H3,(H,19,20). The third-order valence-corrected chi connectivity index (χ3v) is 4.32. The van der Waals surface area contributed by atoms with Crippen molar-refractivity contribution in [3.05, 3.63) is 29.3 Å². The van der Waals surface area contributed by atoms with Crippen LogP contribution in [0.5, 0.6) is 5.75 Å². The molecule has 0 spiro atoms. The van der Waals surface area contributed by atoms with Crippen molar-refractivity contribution in [2.45, 2.75) is 50.4 Å². The Morgan fingerprint density at radius 1 is 1.29 bits per heavy atom. The molecule has 0 atom stereocenters. The molecule has 2 rings (SSSR count). The first-order valence-electron chi connectivity index (χ1n) is 7.12. The lowest BCUT2D eigenvalue weighted by Gasteiger charge is -2.35. The van der Waals surface area contributed by atoms with Gasteiger partial charge in [-0.15, -0.1) is 0 Å². The number of hydrogen-bond acceptors (Lipinski definition) is 2. The van der Waals surface area contributed by atoms with Crippen LogP contribution in [0.2, 0.25) is 0 Å². The van der Waals surface area contributed by atoms with Gasteiger partial charge in [0.25, 0.3) is 5.92 Å². The fourth-order valence-corrected chi connectivity index (χ4v) is 3.23. The molecule has 0 heterocycles. The molecule has 0 unspecified atom stereocenters. The third kappa shape index (κ3) is 2.74. The van der Waals surface area contributed by atoms with Gasteiger partial charge in [-0.1, -0.05) is 31.4 Å². The number of carbonyl (C=O) groups is 1. The van der Waals surface area contributed by atoms with Crippen LogP contribution in [0.25, 0.3) is 0 Å². The number of carboxylic acids is 1. The number of methoxy groups -OCH3 is 1. The summed E-state index contributed by atoms with van der Waals surface area (Å²) in [6.07, 6.45) is 3.44. The molecule has 1 aromatic rings. The average molecular weight is 298 g/mol. The van der Waals surface area contributed by atoms with Gasteiger partial charge < -0.3 is 9.84 Å². The van der Waals surface area contributed by atoms with Crippen LogP contribution in [-0.2, 0) is 16.1 Å². The molecule has 1 fully saturated rings. The molecule has 0 saturated heterocycles. The number of halogens is 2. The molecule has 1 N–H and O–H groups in total. The number of ether oxygens (including phenoxy) is 1. The Morgan fingerprint density at radius 2 is 1.90 bits per heavy atom. The smallest absolute Gasteiger partial charge is 0.314 e. The van der Waals surface area contributed by atoms with Gasteiger partial charge in [-0.05, 0) is 18.9 Å². The number of carboxylic acid groups (broad SMARTS) is 1. The molecule has 0 aliphatic heterocycles. The maximum absolute atomic E-state index is 13.7. The van der Waals surface area contributed by atoms with Gasteiger partial charge >= 0.3 is 5.97 Å². The maximum atomic E-state index is 13.7. The van der Waals surface area contributed by atoms with E-state index in [1.165, 1.54) is 19.2 Å². The Hall–Kier alpha value is -1.65. The molecular formula is C16H20F2O3. The molecular weight excluding hydrogens is 278 g/mol. The Kier molecular flexibility index (Phi) is 4.21. The number of benzene rings is 1. The van der Waals surface area contributed by atoms with Gasteiger partial charge in [0.15, 0.2) is 0 Å². The lowest BCUT2D eigenvalue weighted by molar-refractivity contribution is -0.145. The summed E-state index contributed by atoms with van der Waals surface area (Å²) in [7, 11) is 1.31. The normalized spacial score (nSPS) is 18.3. The van der Waals surface area contributed by atoms with Gasteiger partial charge in [0.05, 0.1) is 18.1 Å². The topological polar surface area (TPSA) is 46.5 Å². The Morgan fingerprint density at radius 3 is 2.38 bits per heavy atom. The van der Waals surface area contributed by atoms with Gasteiger partial charge in [-0.25, -0.2) is 8.78 Å².